The predicted octanol–water partition coefficient (Wildman–Crippen LogP) is 4.83. The minimum Gasteiger partial charge on any atom is -0.480 e. The first-order valence-corrected chi connectivity index (χ1v) is 12.3. The van der Waals surface area contributed by atoms with Crippen molar-refractivity contribution in [2.45, 2.75) is 50.4 Å². The molecule has 3 aromatic rings. The van der Waals surface area contributed by atoms with E-state index in [-0.39, 0.29) is 12.3 Å². The van der Waals surface area contributed by atoms with Crippen molar-refractivity contribution in [1.29, 1.82) is 0 Å². The van der Waals surface area contributed by atoms with Gasteiger partial charge in [-0.1, -0.05) is 78.8 Å². The molecule has 2 N–H and O–H groups in total. The van der Waals surface area contributed by atoms with E-state index in [2.05, 4.69) is 17.2 Å². The third kappa shape index (κ3) is 7.37. The molecule has 0 bridgehead atoms. The molecule has 0 spiro atoms. The summed E-state index contributed by atoms with van der Waals surface area (Å²) in [4.78, 5) is 29.0. The highest BCUT2D eigenvalue weighted by Gasteiger charge is 2.22. The van der Waals surface area contributed by atoms with Crippen LogP contribution in [0, 0.1) is 0 Å². The molecule has 174 valence electrons. The first-order valence-electron chi connectivity index (χ1n) is 10.9. The van der Waals surface area contributed by atoms with E-state index >= 15 is 0 Å². The zero-order valence-corrected chi connectivity index (χ0v) is 20.1. The number of carboxylic acid groups (broad SMARTS) is 1. The third-order valence-electron chi connectivity index (χ3n) is 5.16. The van der Waals surface area contributed by atoms with Gasteiger partial charge in [-0.3, -0.25) is 4.79 Å². The van der Waals surface area contributed by atoms with Crippen LogP contribution in [-0.4, -0.2) is 38.3 Å². The number of hydrogen-bond acceptors (Lipinski definition) is 4. The summed E-state index contributed by atoms with van der Waals surface area (Å²) in [5.41, 5.74) is 2.69. The van der Waals surface area contributed by atoms with Crippen molar-refractivity contribution in [3.05, 3.63) is 82.6 Å². The molecule has 0 saturated heterocycles. The molecule has 0 aliphatic carbocycles. The molecule has 0 radical (unpaired) electrons. The number of rotatable bonds is 12. The maximum Gasteiger partial charge on any atom is 0.326 e. The van der Waals surface area contributed by atoms with Crippen LogP contribution in [0.5, 0.6) is 0 Å². The summed E-state index contributed by atoms with van der Waals surface area (Å²) in [5.74, 6) is -0.475. The number of nitrogens with zero attached hydrogens (tertiary/aromatic N) is 2. The number of benzene rings is 2. The van der Waals surface area contributed by atoms with Gasteiger partial charge in [0.1, 0.15) is 6.04 Å². The molecule has 1 amide bonds. The highest BCUT2D eigenvalue weighted by atomic mass is 35.5. The minimum absolute atomic E-state index is 0.0409. The Hall–Kier alpha value is -2.77. The standard InChI is InChI=1S/C25H28ClN3O3S/c1-2-14-33-25-27-16-20(29(25)17-19-10-6-7-11-21(19)26)15-23(30)28-22(24(31)32)13-12-18-8-4-3-5-9-18/h3-11,16,22H,2,12-15,17H2,1H3,(H,28,30)(H,31,32)/t22-/m1/s1. The number of aliphatic carboxylic acids is 1. The molecule has 2 aromatic carbocycles. The van der Waals surface area contributed by atoms with Gasteiger partial charge in [-0.05, 0) is 36.5 Å². The minimum atomic E-state index is -1.04. The number of halogens is 1. The van der Waals surface area contributed by atoms with Crippen molar-refractivity contribution in [3.8, 4) is 0 Å². The number of amides is 1. The van der Waals surface area contributed by atoms with Crippen LogP contribution in [0.3, 0.4) is 0 Å². The quantitative estimate of drug-likeness (QED) is 0.359. The number of aryl methyl sites for hydroxylation is 1. The molecule has 1 aromatic heterocycles. The van der Waals surface area contributed by atoms with Crippen LogP contribution in [0.4, 0.5) is 0 Å². The Morgan fingerprint density at radius 2 is 1.88 bits per heavy atom. The molecule has 0 aliphatic rings. The fraction of sp³-hybridized carbons (Fsp3) is 0.320. The Kier molecular flexibility index (Phi) is 9.39. The van der Waals surface area contributed by atoms with E-state index in [1.165, 1.54) is 0 Å². The molecule has 0 aliphatic heterocycles. The van der Waals surface area contributed by atoms with Gasteiger partial charge in [0, 0.05) is 22.7 Å². The molecule has 0 saturated carbocycles. The number of carbonyl (C=O) groups is 2. The van der Waals surface area contributed by atoms with Crippen LogP contribution >= 0.6 is 23.4 Å². The average Bonchev–Trinajstić information content (AvgIpc) is 3.18. The van der Waals surface area contributed by atoms with Gasteiger partial charge in [-0.25, -0.2) is 9.78 Å². The first-order chi connectivity index (χ1) is 16.0. The second kappa shape index (κ2) is 12.5. The lowest BCUT2D eigenvalue weighted by Crippen LogP contribution is -2.42. The lowest BCUT2D eigenvalue weighted by molar-refractivity contribution is -0.141. The van der Waals surface area contributed by atoms with Crippen LogP contribution in [0.2, 0.25) is 5.02 Å². The molecule has 0 fully saturated rings. The number of aromatic nitrogens is 2. The number of carbonyl (C=O) groups excluding carboxylic acids is 1. The summed E-state index contributed by atoms with van der Waals surface area (Å²) in [6, 6.07) is 16.3. The molecular weight excluding hydrogens is 458 g/mol. The molecule has 6 nitrogen and oxygen atoms in total. The van der Waals surface area contributed by atoms with Crippen LogP contribution in [-0.2, 0) is 29.0 Å². The van der Waals surface area contributed by atoms with E-state index in [9.17, 15) is 14.7 Å². The van der Waals surface area contributed by atoms with E-state index in [1.807, 2.05) is 59.2 Å². The number of carboxylic acids is 1. The monoisotopic (exact) mass is 485 g/mol. The topological polar surface area (TPSA) is 84.2 Å². The Labute approximate surface area is 203 Å². The first kappa shape index (κ1) is 24.9. The van der Waals surface area contributed by atoms with Gasteiger partial charge < -0.3 is 15.0 Å². The second-order valence-electron chi connectivity index (χ2n) is 7.72. The summed E-state index contributed by atoms with van der Waals surface area (Å²) in [6.07, 6.45) is 3.62. The van der Waals surface area contributed by atoms with E-state index in [0.717, 1.165) is 34.2 Å². The van der Waals surface area contributed by atoms with Gasteiger partial charge in [0.15, 0.2) is 5.16 Å². The van der Waals surface area contributed by atoms with E-state index in [1.54, 1.807) is 18.0 Å². The number of hydrogen-bond donors (Lipinski definition) is 2. The van der Waals surface area contributed by atoms with Crippen molar-refractivity contribution in [1.82, 2.24) is 14.9 Å². The lowest BCUT2D eigenvalue weighted by Gasteiger charge is -2.16. The van der Waals surface area contributed by atoms with Crippen molar-refractivity contribution in [3.63, 3.8) is 0 Å². The van der Waals surface area contributed by atoms with E-state index < -0.39 is 12.0 Å². The summed E-state index contributed by atoms with van der Waals surface area (Å²) < 4.78 is 1.99. The van der Waals surface area contributed by atoms with Crippen molar-refractivity contribution in [2.24, 2.45) is 0 Å². The van der Waals surface area contributed by atoms with Crippen LogP contribution in [0.1, 0.15) is 36.6 Å². The number of nitrogens with one attached hydrogen (secondary N) is 1. The fourth-order valence-electron chi connectivity index (χ4n) is 3.43. The molecule has 33 heavy (non-hydrogen) atoms. The molecule has 0 unspecified atom stereocenters. The molecule has 3 rings (SSSR count). The summed E-state index contributed by atoms with van der Waals surface area (Å²) in [5, 5.41) is 13.7. The number of imidazole rings is 1. The second-order valence-corrected chi connectivity index (χ2v) is 9.19. The highest BCUT2D eigenvalue weighted by molar-refractivity contribution is 7.99. The SMILES string of the molecule is CCCSc1ncc(CC(=O)N[C@H](CCc2ccccc2)C(=O)O)n1Cc1ccccc1Cl. The van der Waals surface area contributed by atoms with E-state index in [4.69, 9.17) is 11.6 Å². The Morgan fingerprint density at radius 3 is 2.58 bits per heavy atom. The summed E-state index contributed by atoms with van der Waals surface area (Å²) in [7, 11) is 0. The van der Waals surface area contributed by atoms with Crippen molar-refractivity contribution in [2.75, 3.05) is 5.75 Å². The molecule has 8 heteroatoms. The predicted molar refractivity (Wildman–Crippen MR) is 132 cm³/mol. The Bertz CT molecular complexity index is 1070. The van der Waals surface area contributed by atoms with Gasteiger partial charge in [-0.2, -0.15) is 0 Å². The zero-order chi connectivity index (χ0) is 23.6. The molecular formula is C25H28ClN3O3S. The van der Waals surface area contributed by atoms with Crippen LogP contribution in [0.25, 0.3) is 0 Å². The van der Waals surface area contributed by atoms with Gasteiger partial charge in [-0.15, -0.1) is 0 Å². The maximum atomic E-state index is 12.8. The van der Waals surface area contributed by atoms with Crippen LogP contribution < -0.4 is 5.32 Å². The maximum absolute atomic E-state index is 12.8. The summed E-state index contributed by atoms with van der Waals surface area (Å²) in [6.45, 7) is 2.59. The van der Waals surface area contributed by atoms with Gasteiger partial charge in [0.05, 0.1) is 13.0 Å². The molecule has 1 atom stereocenters. The van der Waals surface area contributed by atoms with Gasteiger partial charge in [0.25, 0.3) is 0 Å². The zero-order valence-electron chi connectivity index (χ0n) is 18.5. The third-order valence-corrected chi connectivity index (χ3v) is 6.73. The van der Waals surface area contributed by atoms with Gasteiger partial charge in [0.2, 0.25) is 5.91 Å². The molecule has 1 heterocycles. The van der Waals surface area contributed by atoms with Gasteiger partial charge >= 0.3 is 5.97 Å². The van der Waals surface area contributed by atoms with E-state index in [0.29, 0.717) is 24.4 Å². The largest absolute Gasteiger partial charge is 0.480 e. The lowest BCUT2D eigenvalue weighted by atomic mass is 10.1. The fourth-order valence-corrected chi connectivity index (χ4v) is 4.48. The van der Waals surface area contributed by atoms with Crippen molar-refractivity contribution >= 4 is 35.2 Å². The average molecular weight is 486 g/mol. The normalized spacial score (nSPS) is 11.8. The van der Waals surface area contributed by atoms with Crippen molar-refractivity contribution < 1.29 is 14.7 Å². The Balaban J connectivity index is 1.71. The Morgan fingerprint density at radius 1 is 1.15 bits per heavy atom. The number of thioether (sulfide) groups is 1. The highest BCUT2D eigenvalue weighted by Crippen LogP contribution is 2.24. The summed E-state index contributed by atoms with van der Waals surface area (Å²) >= 11 is 7.99. The smallest absolute Gasteiger partial charge is 0.326 e. The van der Waals surface area contributed by atoms with Crippen LogP contribution in [0.15, 0.2) is 66.0 Å².